The molecule has 1 unspecified atom stereocenters. The second kappa shape index (κ2) is 8.95. The smallest absolute Gasteiger partial charge is 0.267 e. The van der Waals surface area contributed by atoms with Crippen molar-refractivity contribution in [2.75, 3.05) is 7.11 Å². The van der Waals surface area contributed by atoms with Gasteiger partial charge in [0.2, 0.25) is 5.78 Å². The first-order valence-corrected chi connectivity index (χ1v) is 12.8. The number of fused-ring (bicyclic) bond motifs is 4. The second-order valence-corrected chi connectivity index (χ2v) is 10.2. The molecule has 2 aromatic heterocycles. The Morgan fingerprint density at radius 3 is 2.69 bits per heavy atom. The number of nitrogens with zero attached hydrogens (tertiary/aromatic N) is 4. The van der Waals surface area contributed by atoms with Gasteiger partial charge in [0.25, 0.3) is 5.56 Å². The number of aryl methyl sites for hydroxylation is 2. The molecule has 2 heterocycles. The molecule has 7 nitrogen and oxygen atoms in total. The Bertz CT molecular complexity index is 1710. The average Bonchev–Trinajstić information content (AvgIpc) is 3.55. The highest BCUT2D eigenvalue weighted by molar-refractivity contribution is 8.00. The summed E-state index contributed by atoms with van der Waals surface area (Å²) in [4.78, 5) is 26.9. The minimum absolute atomic E-state index is 0.0527. The second-order valence-electron chi connectivity index (χ2n) is 8.94. The number of thioether (sulfide) groups is 1. The highest BCUT2D eigenvalue weighted by Gasteiger charge is 2.24. The molecule has 5 aromatic rings. The number of hydrogen-bond acceptors (Lipinski definition) is 6. The molecule has 1 atom stereocenters. The summed E-state index contributed by atoms with van der Waals surface area (Å²) in [5.41, 5.74) is 4.47. The Kier molecular flexibility index (Phi) is 5.60. The lowest BCUT2D eigenvalue weighted by Gasteiger charge is -2.13. The summed E-state index contributed by atoms with van der Waals surface area (Å²) in [5.74, 6) is 1.07. The molecule has 1 aliphatic rings. The summed E-state index contributed by atoms with van der Waals surface area (Å²) in [5, 5.41) is 9.53. The van der Waals surface area contributed by atoms with Crippen LogP contribution >= 0.6 is 11.8 Å². The van der Waals surface area contributed by atoms with Crippen molar-refractivity contribution in [2.24, 2.45) is 0 Å². The highest BCUT2D eigenvalue weighted by atomic mass is 32.2. The number of methoxy groups -OCH3 is 1. The molecule has 0 spiro atoms. The zero-order valence-corrected chi connectivity index (χ0v) is 20.8. The summed E-state index contributed by atoms with van der Waals surface area (Å²) < 4.78 is 8.76. The topological polar surface area (TPSA) is 78.5 Å². The van der Waals surface area contributed by atoms with E-state index >= 15 is 0 Å². The van der Waals surface area contributed by atoms with Gasteiger partial charge in [0, 0.05) is 11.6 Å². The predicted octanol–water partition coefficient (Wildman–Crippen LogP) is 4.89. The fourth-order valence-electron chi connectivity index (χ4n) is 4.91. The summed E-state index contributed by atoms with van der Waals surface area (Å²) in [7, 11) is 1.59. The minimum Gasteiger partial charge on any atom is -0.497 e. The number of rotatable bonds is 6. The third-order valence-corrected chi connectivity index (χ3v) is 7.78. The molecule has 6 rings (SSSR count). The van der Waals surface area contributed by atoms with Gasteiger partial charge < -0.3 is 4.74 Å². The molecule has 0 fully saturated rings. The van der Waals surface area contributed by atoms with Gasteiger partial charge in [-0.3, -0.25) is 14.0 Å². The Hall–Kier alpha value is -3.91. The van der Waals surface area contributed by atoms with Crippen LogP contribution in [0, 0.1) is 0 Å². The van der Waals surface area contributed by atoms with E-state index in [0.717, 1.165) is 24.8 Å². The fourth-order valence-corrected chi connectivity index (χ4v) is 5.84. The van der Waals surface area contributed by atoms with Crippen LogP contribution < -0.4 is 10.3 Å². The third-order valence-electron chi connectivity index (χ3n) is 6.74. The van der Waals surface area contributed by atoms with Gasteiger partial charge in [-0.1, -0.05) is 42.1 Å². The summed E-state index contributed by atoms with van der Waals surface area (Å²) in [6.07, 6.45) is 3.26. The Balaban J connectivity index is 1.46. The molecule has 0 saturated heterocycles. The van der Waals surface area contributed by atoms with Gasteiger partial charge in [-0.15, -0.1) is 10.2 Å². The van der Waals surface area contributed by atoms with Gasteiger partial charge in [0.1, 0.15) is 5.75 Å². The summed E-state index contributed by atoms with van der Waals surface area (Å²) >= 11 is 1.35. The van der Waals surface area contributed by atoms with Crippen LogP contribution in [0.3, 0.4) is 0 Å². The van der Waals surface area contributed by atoms with Crippen LogP contribution in [0.2, 0.25) is 0 Å². The lowest BCUT2D eigenvalue weighted by atomic mass is 10.0. The first-order chi connectivity index (χ1) is 17.5. The van der Waals surface area contributed by atoms with Gasteiger partial charge >= 0.3 is 0 Å². The first-order valence-electron chi connectivity index (χ1n) is 11.9. The van der Waals surface area contributed by atoms with Crippen molar-refractivity contribution in [1.29, 1.82) is 0 Å². The van der Waals surface area contributed by atoms with Gasteiger partial charge in [-0.05, 0) is 67.6 Å². The highest BCUT2D eigenvalue weighted by Crippen LogP contribution is 2.30. The molecule has 36 heavy (non-hydrogen) atoms. The van der Waals surface area contributed by atoms with E-state index in [-0.39, 0.29) is 16.6 Å². The number of carbonyl (C=O) groups excluding carboxylic acids is 1. The molecule has 1 aliphatic carbocycles. The Morgan fingerprint density at radius 2 is 1.83 bits per heavy atom. The fraction of sp³-hybridized carbons (Fsp3) is 0.214. The lowest BCUT2D eigenvalue weighted by molar-refractivity contribution is 0.0993. The van der Waals surface area contributed by atoms with Gasteiger partial charge in [-0.25, -0.2) is 4.57 Å². The molecule has 0 amide bonds. The molecule has 0 radical (unpaired) electrons. The molecule has 0 aliphatic heterocycles. The average molecular weight is 497 g/mol. The van der Waals surface area contributed by atoms with E-state index < -0.39 is 0 Å². The number of aromatic nitrogens is 4. The molecule has 8 heteroatoms. The van der Waals surface area contributed by atoms with Crippen molar-refractivity contribution in [3.8, 4) is 11.4 Å². The monoisotopic (exact) mass is 496 g/mol. The lowest BCUT2D eigenvalue weighted by Crippen LogP contribution is -2.22. The Morgan fingerprint density at radius 1 is 1.00 bits per heavy atom. The maximum absolute atomic E-state index is 13.5. The van der Waals surface area contributed by atoms with Crippen molar-refractivity contribution in [1.82, 2.24) is 19.2 Å². The molecular weight excluding hydrogens is 472 g/mol. The SMILES string of the molecule is COc1cccc(-n2c(=O)c3ccccc3n3c(SC(C)C(=O)c4ccc5c(c4)CCC5)nnc23)c1. The standard InChI is InChI=1S/C28H24N4O3S/c1-17(25(33)20-14-13-18-7-5-8-19(18)15-20)36-28-30-29-27-31(21-9-6-10-22(16-21)35-2)26(34)23-11-3-4-12-24(23)32(27)28/h3-4,6,9-17H,5,7-8H2,1-2H3. The van der Waals surface area contributed by atoms with Crippen LogP contribution in [0.15, 0.2) is 76.7 Å². The van der Waals surface area contributed by atoms with E-state index in [1.807, 2.05) is 59.9 Å². The van der Waals surface area contributed by atoms with Gasteiger partial charge in [-0.2, -0.15) is 0 Å². The van der Waals surface area contributed by atoms with E-state index in [4.69, 9.17) is 4.74 Å². The van der Waals surface area contributed by atoms with Crippen molar-refractivity contribution in [3.05, 3.63) is 93.8 Å². The van der Waals surface area contributed by atoms with E-state index in [1.54, 1.807) is 19.2 Å². The molecule has 180 valence electrons. The van der Waals surface area contributed by atoms with E-state index in [2.05, 4.69) is 16.3 Å². The van der Waals surface area contributed by atoms with Crippen LogP contribution in [0.5, 0.6) is 5.75 Å². The maximum Gasteiger partial charge on any atom is 0.267 e. The van der Waals surface area contributed by atoms with Crippen LogP contribution in [-0.4, -0.2) is 37.3 Å². The van der Waals surface area contributed by atoms with Crippen LogP contribution in [0.4, 0.5) is 0 Å². The number of Topliss-reactive ketones (excluding diaryl/α,β-unsaturated/α-hetero) is 1. The molecule has 0 saturated carbocycles. The number of carbonyl (C=O) groups is 1. The third kappa shape index (κ3) is 3.69. The zero-order chi connectivity index (χ0) is 24.8. The number of para-hydroxylation sites is 1. The van der Waals surface area contributed by atoms with E-state index in [9.17, 15) is 9.59 Å². The molecule has 0 N–H and O–H groups in total. The summed E-state index contributed by atoms with van der Waals surface area (Å²) in [6, 6.07) is 20.7. The van der Waals surface area contributed by atoms with Crippen molar-refractivity contribution in [2.45, 2.75) is 36.6 Å². The van der Waals surface area contributed by atoms with Crippen molar-refractivity contribution < 1.29 is 9.53 Å². The van der Waals surface area contributed by atoms with Crippen molar-refractivity contribution >= 4 is 34.2 Å². The number of ether oxygens (including phenoxy) is 1. The van der Waals surface area contributed by atoms with Crippen molar-refractivity contribution in [3.63, 3.8) is 0 Å². The van der Waals surface area contributed by atoms with Crippen LogP contribution in [0.1, 0.15) is 34.8 Å². The van der Waals surface area contributed by atoms with Crippen LogP contribution in [-0.2, 0) is 12.8 Å². The normalized spacial score (nSPS) is 13.7. The van der Waals surface area contributed by atoms with Gasteiger partial charge in [0.05, 0.1) is 29.0 Å². The molecule has 0 bridgehead atoms. The zero-order valence-electron chi connectivity index (χ0n) is 20.0. The van der Waals surface area contributed by atoms with E-state index in [1.165, 1.54) is 27.5 Å². The maximum atomic E-state index is 13.5. The quantitative estimate of drug-likeness (QED) is 0.246. The largest absolute Gasteiger partial charge is 0.497 e. The number of benzene rings is 3. The van der Waals surface area contributed by atoms with Gasteiger partial charge in [0.15, 0.2) is 10.9 Å². The minimum atomic E-state index is -0.382. The Labute approximate surface area is 211 Å². The molecular formula is C28H24N4O3S. The predicted molar refractivity (Wildman–Crippen MR) is 141 cm³/mol. The number of ketones is 1. The molecule has 3 aromatic carbocycles. The first kappa shape index (κ1) is 22.5. The number of hydrogen-bond donors (Lipinski definition) is 0. The van der Waals surface area contributed by atoms with E-state index in [0.29, 0.717) is 33.3 Å². The summed E-state index contributed by atoms with van der Waals surface area (Å²) in [6.45, 7) is 1.89. The van der Waals surface area contributed by atoms with Crippen LogP contribution in [0.25, 0.3) is 22.4 Å².